The summed E-state index contributed by atoms with van der Waals surface area (Å²) < 4.78 is 0. The standard InChI is InChI=1S/C43H55N7O5/c44-21-6-5-12-32(25-39(52)37-18-9-23-50(37)40(53)27-30-14-7-13-28-10-1-3-15-34(28)30)42(55)49-36(17-8-22-48-43(46)47)38(51)26-33(41(45)54)24-31-20-19-29-11-2-4-16-35(29)31/h1-4,7,10-11,13-16,20,32-33,36-37H,5-6,8-9,12,17-19,21-27,44H2,(H2,45,54)(H,49,55)(H4,46,47,48)/t32-,33-,36+,37+/m1/s1. The molecule has 292 valence electrons. The van der Waals surface area contributed by atoms with Gasteiger partial charge in [0.25, 0.3) is 0 Å². The van der Waals surface area contributed by atoms with E-state index < -0.39 is 35.7 Å². The number of nitrogens with one attached hydrogen (secondary N) is 1. The summed E-state index contributed by atoms with van der Waals surface area (Å²) in [6, 6.07) is 20.1. The van der Waals surface area contributed by atoms with Gasteiger partial charge < -0.3 is 33.2 Å². The zero-order chi connectivity index (χ0) is 39.3. The molecule has 3 aromatic carbocycles. The van der Waals surface area contributed by atoms with Gasteiger partial charge in [0, 0.05) is 37.8 Å². The Morgan fingerprint density at radius 3 is 2.40 bits per heavy atom. The Hall–Kier alpha value is -5.36. The first kappa shape index (κ1) is 40.8. The van der Waals surface area contributed by atoms with Crippen molar-refractivity contribution >= 4 is 51.6 Å². The van der Waals surface area contributed by atoms with Gasteiger partial charge in [0.05, 0.1) is 18.5 Å². The smallest absolute Gasteiger partial charge is 0.227 e. The molecule has 0 bridgehead atoms. The number of aliphatic imine (C=N–C) groups is 1. The largest absolute Gasteiger partial charge is 0.370 e. The Kier molecular flexibility index (Phi) is 14.7. The van der Waals surface area contributed by atoms with Gasteiger partial charge in [-0.05, 0) is 90.9 Å². The molecule has 3 aromatic rings. The van der Waals surface area contributed by atoms with Crippen molar-refractivity contribution in [3.05, 3.63) is 89.5 Å². The number of guanidine groups is 1. The summed E-state index contributed by atoms with van der Waals surface area (Å²) in [5.74, 6) is -3.25. The molecule has 0 spiro atoms. The second-order valence-corrected chi connectivity index (χ2v) is 14.8. The second-order valence-electron chi connectivity index (χ2n) is 14.8. The van der Waals surface area contributed by atoms with Crippen LogP contribution in [0.25, 0.3) is 16.3 Å². The summed E-state index contributed by atoms with van der Waals surface area (Å²) in [5, 5.41) is 4.98. The number of carbonyl (C=O) groups is 5. The highest BCUT2D eigenvalue weighted by molar-refractivity contribution is 5.97. The maximum absolute atomic E-state index is 14.1. The average Bonchev–Trinajstić information content (AvgIpc) is 3.83. The normalized spacial score (nSPS) is 16.5. The van der Waals surface area contributed by atoms with Gasteiger partial charge in [0.2, 0.25) is 17.7 Å². The number of fused-ring (bicyclic) bond motifs is 2. The van der Waals surface area contributed by atoms with Gasteiger partial charge >= 0.3 is 0 Å². The van der Waals surface area contributed by atoms with Gasteiger partial charge in [-0.3, -0.25) is 29.0 Å². The molecule has 1 aliphatic carbocycles. The molecule has 0 saturated carbocycles. The molecule has 0 unspecified atom stereocenters. The van der Waals surface area contributed by atoms with Crippen LogP contribution in [-0.2, 0) is 36.8 Å². The first-order valence-corrected chi connectivity index (χ1v) is 19.5. The molecule has 1 heterocycles. The van der Waals surface area contributed by atoms with E-state index in [-0.39, 0.29) is 55.7 Å². The number of rotatable bonds is 21. The van der Waals surface area contributed by atoms with Crippen molar-refractivity contribution in [1.82, 2.24) is 10.2 Å². The summed E-state index contributed by atoms with van der Waals surface area (Å²) in [6.07, 6.45) is 6.54. The fourth-order valence-corrected chi connectivity index (χ4v) is 7.93. The van der Waals surface area contributed by atoms with Crippen molar-refractivity contribution in [3.63, 3.8) is 0 Å². The molecule has 4 atom stereocenters. The van der Waals surface area contributed by atoms with Gasteiger partial charge in [-0.1, -0.05) is 79.2 Å². The van der Waals surface area contributed by atoms with Crippen LogP contribution < -0.4 is 28.3 Å². The number of unbranched alkanes of at least 4 members (excludes halogenated alkanes) is 1. The van der Waals surface area contributed by atoms with E-state index in [0.717, 1.165) is 39.5 Å². The number of benzene rings is 3. The minimum Gasteiger partial charge on any atom is -0.370 e. The number of allylic oxidation sites excluding steroid dienone is 2. The molecular weight excluding hydrogens is 695 g/mol. The Labute approximate surface area is 323 Å². The SMILES string of the molecule is NCCCC[C@H](CC(=O)[C@@H]1CCCN1C(=O)Cc1cccc2ccccc12)C(=O)N[C@@H](CCCN=C(N)N)C(=O)C[C@@H](CC1=CCc2ccccc21)C(N)=O. The van der Waals surface area contributed by atoms with Crippen LogP contribution in [0.3, 0.4) is 0 Å². The van der Waals surface area contributed by atoms with Crippen LogP contribution in [0.4, 0.5) is 0 Å². The van der Waals surface area contributed by atoms with E-state index >= 15 is 0 Å². The summed E-state index contributed by atoms with van der Waals surface area (Å²) in [5.41, 5.74) is 26.7. The van der Waals surface area contributed by atoms with Gasteiger partial charge in [-0.15, -0.1) is 0 Å². The van der Waals surface area contributed by atoms with Crippen molar-refractivity contribution in [2.75, 3.05) is 19.6 Å². The molecule has 2 aliphatic rings. The molecule has 5 rings (SSSR count). The topological polar surface area (TPSA) is 217 Å². The molecule has 3 amide bonds. The lowest BCUT2D eigenvalue weighted by Crippen LogP contribution is -2.46. The minimum atomic E-state index is -0.953. The van der Waals surface area contributed by atoms with Crippen molar-refractivity contribution in [3.8, 4) is 0 Å². The molecule has 0 aromatic heterocycles. The fourth-order valence-electron chi connectivity index (χ4n) is 7.93. The highest BCUT2D eigenvalue weighted by Gasteiger charge is 2.37. The lowest BCUT2D eigenvalue weighted by Gasteiger charge is -2.27. The number of hydrogen-bond acceptors (Lipinski definition) is 7. The molecule has 12 nitrogen and oxygen atoms in total. The Morgan fingerprint density at radius 1 is 0.855 bits per heavy atom. The third-order valence-electron chi connectivity index (χ3n) is 10.9. The van der Waals surface area contributed by atoms with E-state index in [2.05, 4.69) is 16.4 Å². The number of carbonyl (C=O) groups excluding carboxylic acids is 5. The molecule has 0 radical (unpaired) electrons. The molecule has 12 heteroatoms. The highest BCUT2D eigenvalue weighted by atomic mass is 16.2. The van der Waals surface area contributed by atoms with E-state index in [1.54, 1.807) is 4.90 Å². The van der Waals surface area contributed by atoms with E-state index in [4.69, 9.17) is 22.9 Å². The second kappa shape index (κ2) is 19.8. The number of amides is 3. The summed E-state index contributed by atoms with van der Waals surface area (Å²) in [4.78, 5) is 74.0. The highest BCUT2D eigenvalue weighted by Crippen LogP contribution is 2.33. The van der Waals surface area contributed by atoms with E-state index in [0.29, 0.717) is 58.0 Å². The van der Waals surface area contributed by atoms with Crippen LogP contribution in [0.1, 0.15) is 80.9 Å². The molecule has 55 heavy (non-hydrogen) atoms. The monoisotopic (exact) mass is 749 g/mol. The summed E-state index contributed by atoms with van der Waals surface area (Å²) in [7, 11) is 0. The summed E-state index contributed by atoms with van der Waals surface area (Å²) >= 11 is 0. The van der Waals surface area contributed by atoms with Crippen molar-refractivity contribution < 1.29 is 24.0 Å². The van der Waals surface area contributed by atoms with Crippen LogP contribution in [-0.4, -0.2) is 71.9 Å². The van der Waals surface area contributed by atoms with Crippen LogP contribution in [0.5, 0.6) is 0 Å². The fraction of sp³-hybridized carbons (Fsp3) is 0.442. The molecule has 9 N–H and O–H groups in total. The lowest BCUT2D eigenvalue weighted by molar-refractivity contribution is -0.138. The number of nitrogens with two attached hydrogens (primary N) is 4. The molecule has 1 saturated heterocycles. The van der Waals surface area contributed by atoms with Gasteiger partial charge in [0.15, 0.2) is 17.5 Å². The number of ketones is 2. The Balaban J connectivity index is 1.28. The quantitative estimate of drug-likeness (QED) is 0.0613. The maximum Gasteiger partial charge on any atom is 0.227 e. The number of primary amides is 1. The van der Waals surface area contributed by atoms with Crippen LogP contribution in [0, 0.1) is 11.8 Å². The zero-order valence-electron chi connectivity index (χ0n) is 31.6. The number of nitrogens with zero attached hydrogens (tertiary/aromatic N) is 2. The van der Waals surface area contributed by atoms with Crippen LogP contribution in [0.2, 0.25) is 0 Å². The number of hydrogen-bond donors (Lipinski definition) is 5. The minimum absolute atomic E-state index is 0.0779. The van der Waals surface area contributed by atoms with Crippen molar-refractivity contribution in [2.45, 2.75) is 89.1 Å². The van der Waals surface area contributed by atoms with E-state index in [1.165, 1.54) is 0 Å². The zero-order valence-corrected chi connectivity index (χ0v) is 31.6. The van der Waals surface area contributed by atoms with E-state index in [1.807, 2.05) is 66.7 Å². The third kappa shape index (κ3) is 11.1. The predicted octanol–water partition coefficient (Wildman–Crippen LogP) is 3.71. The predicted molar refractivity (Wildman–Crippen MR) is 215 cm³/mol. The van der Waals surface area contributed by atoms with Gasteiger partial charge in [-0.25, -0.2) is 0 Å². The lowest BCUT2D eigenvalue weighted by atomic mass is 9.88. The first-order valence-electron chi connectivity index (χ1n) is 19.5. The number of Topliss-reactive ketones (excluding diaryl/α,β-unsaturated/α-hetero) is 2. The van der Waals surface area contributed by atoms with Crippen molar-refractivity contribution in [2.24, 2.45) is 39.8 Å². The maximum atomic E-state index is 14.1. The Bertz CT molecular complexity index is 1910. The van der Waals surface area contributed by atoms with E-state index in [9.17, 15) is 24.0 Å². The first-order chi connectivity index (χ1) is 26.5. The average molecular weight is 750 g/mol. The van der Waals surface area contributed by atoms with Crippen LogP contribution in [0.15, 0.2) is 77.8 Å². The van der Waals surface area contributed by atoms with Gasteiger partial charge in [-0.2, -0.15) is 0 Å². The van der Waals surface area contributed by atoms with Crippen LogP contribution >= 0.6 is 0 Å². The Morgan fingerprint density at radius 2 is 1.62 bits per heavy atom. The number of likely N-dealkylation sites (tertiary alicyclic amines) is 1. The molecule has 1 fully saturated rings. The van der Waals surface area contributed by atoms with Gasteiger partial charge in [0.1, 0.15) is 0 Å². The summed E-state index contributed by atoms with van der Waals surface area (Å²) in [6.45, 7) is 1.15. The third-order valence-corrected chi connectivity index (χ3v) is 10.9. The molecule has 1 aliphatic heterocycles. The molecular formula is C43H55N7O5. The van der Waals surface area contributed by atoms with Crippen molar-refractivity contribution in [1.29, 1.82) is 0 Å².